The normalized spacial score (nSPS) is 14.3. The van der Waals surface area contributed by atoms with Crippen molar-refractivity contribution in [2.45, 2.75) is 50.6 Å². The van der Waals surface area contributed by atoms with Crippen molar-refractivity contribution in [2.75, 3.05) is 29.1 Å². The van der Waals surface area contributed by atoms with Crippen LogP contribution in [0.2, 0.25) is 10.0 Å². The number of amides is 1. The number of tetrazole rings is 1. The number of nitrogens with one attached hydrogen (secondary N) is 1. The molecule has 4 rings (SSSR count). The molecule has 1 aliphatic rings. The molecular formula is C24H28Cl2N6OS. The number of nitrogens with zero attached hydrogens (tertiary/aromatic N) is 5. The Kier molecular flexibility index (Phi) is 7.70. The molecule has 3 aromatic rings. The molecule has 10 heteroatoms. The predicted octanol–water partition coefficient (Wildman–Crippen LogP) is 5.99. The molecule has 1 saturated heterocycles. The molecule has 1 aromatic heterocycles. The minimum Gasteiger partial charge on any atom is -0.371 e. The van der Waals surface area contributed by atoms with E-state index in [1.807, 2.05) is 36.4 Å². The number of halogens is 2. The average Bonchev–Trinajstić information content (AvgIpc) is 3.27. The number of hydrogen-bond donors (Lipinski definition) is 1. The van der Waals surface area contributed by atoms with Crippen LogP contribution in [-0.4, -0.2) is 45.0 Å². The summed E-state index contributed by atoms with van der Waals surface area (Å²) in [5, 5.41) is 16.3. The zero-order chi connectivity index (χ0) is 24.3. The van der Waals surface area contributed by atoms with Gasteiger partial charge in [-0.3, -0.25) is 4.79 Å². The van der Waals surface area contributed by atoms with Gasteiger partial charge < -0.3 is 10.2 Å². The van der Waals surface area contributed by atoms with Crippen LogP contribution < -0.4 is 10.2 Å². The van der Waals surface area contributed by atoms with Crippen LogP contribution in [0.1, 0.15) is 45.6 Å². The van der Waals surface area contributed by atoms with E-state index in [4.69, 9.17) is 23.2 Å². The Morgan fingerprint density at radius 1 is 1.06 bits per heavy atom. The second-order valence-electron chi connectivity index (χ2n) is 9.34. The summed E-state index contributed by atoms with van der Waals surface area (Å²) in [5.74, 6) is -0.0659. The molecule has 1 N–H and O–H groups in total. The summed E-state index contributed by atoms with van der Waals surface area (Å²) in [6, 6.07) is 11.6. The smallest absolute Gasteiger partial charge is 0.234 e. The van der Waals surface area contributed by atoms with Gasteiger partial charge in [0.05, 0.1) is 27.2 Å². The van der Waals surface area contributed by atoms with E-state index in [0.717, 1.165) is 24.3 Å². The Morgan fingerprint density at radius 2 is 1.82 bits per heavy atom. The summed E-state index contributed by atoms with van der Waals surface area (Å²) in [4.78, 5) is 14.9. The molecule has 0 spiro atoms. The second kappa shape index (κ2) is 10.5. The van der Waals surface area contributed by atoms with E-state index in [1.54, 1.807) is 4.68 Å². The monoisotopic (exact) mass is 518 g/mol. The average molecular weight is 520 g/mol. The highest BCUT2D eigenvalue weighted by Gasteiger charge is 2.19. The molecule has 1 fully saturated rings. The Bertz CT molecular complexity index is 1170. The highest BCUT2D eigenvalue weighted by molar-refractivity contribution is 7.99. The minimum absolute atomic E-state index is 0.0221. The van der Waals surface area contributed by atoms with Crippen LogP contribution in [-0.2, 0) is 10.2 Å². The summed E-state index contributed by atoms with van der Waals surface area (Å²) in [6.07, 6.45) is 3.66. The van der Waals surface area contributed by atoms with Crippen molar-refractivity contribution >= 4 is 52.2 Å². The first kappa shape index (κ1) is 24.8. The van der Waals surface area contributed by atoms with Crippen molar-refractivity contribution in [1.82, 2.24) is 20.2 Å². The van der Waals surface area contributed by atoms with Gasteiger partial charge in [-0.15, -0.1) is 5.10 Å². The first-order chi connectivity index (χ1) is 16.2. The summed E-state index contributed by atoms with van der Waals surface area (Å²) < 4.78 is 1.55. The Morgan fingerprint density at radius 3 is 2.50 bits per heavy atom. The van der Waals surface area contributed by atoms with Crippen LogP contribution in [0.15, 0.2) is 41.6 Å². The van der Waals surface area contributed by atoms with E-state index in [0.29, 0.717) is 26.6 Å². The van der Waals surface area contributed by atoms with E-state index < -0.39 is 0 Å². The number of aromatic nitrogens is 4. The van der Waals surface area contributed by atoms with Gasteiger partial charge in [0.15, 0.2) is 0 Å². The van der Waals surface area contributed by atoms with Gasteiger partial charge in [0.2, 0.25) is 11.1 Å². The molecule has 1 amide bonds. The standard InChI is InChI=1S/C24H28Cl2N6OS/c1-24(2,3)16-7-10-21(19(26)13-16)32-23(28-29-30-32)34-15-22(33)27-20-9-8-17(14-18(20)25)31-11-5-4-6-12-31/h7-10,13-14H,4-6,11-12,15H2,1-3H3,(H,27,33). The molecular weight excluding hydrogens is 491 g/mol. The van der Waals surface area contributed by atoms with E-state index in [2.05, 4.69) is 46.5 Å². The van der Waals surface area contributed by atoms with Gasteiger partial charge in [0, 0.05) is 18.8 Å². The molecule has 34 heavy (non-hydrogen) atoms. The third-order valence-corrected chi connectivity index (χ3v) is 7.30. The maximum Gasteiger partial charge on any atom is 0.234 e. The van der Waals surface area contributed by atoms with Gasteiger partial charge in [-0.25, -0.2) is 0 Å². The minimum atomic E-state index is -0.193. The van der Waals surface area contributed by atoms with Crippen molar-refractivity contribution in [3.63, 3.8) is 0 Å². The molecule has 0 aliphatic carbocycles. The Hall–Kier alpha value is -2.29. The zero-order valence-corrected chi connectivity index (χ0v) is 21.8. The van der Waals surface area contributed by atoms with Crippen molar-refractivity contribution in [3.8, 4) is 5.69 Å². The Labute approximate surface area is 214 Å². The van der Waals surface area contributed by atoms with Crippen molar-refractivity contribution in [1.29, 1.82) is 0 Å². The fourth-order valence-electron chi connectivity index (χ4n) is 3.84. The van der Waals surface area contributed by atoms with Gasteiger partial charge in [0.25, 0.3) is 0 Å². The van der Waals surface area contributed by atoms with Gasteiger partial charge in [-0.1, -0.05) is 61.8 Å². The quantitative estimate of drug-likeness (QED) is 0.404. The number of anilines is 2. The van der Waals surface area contributed by atoms with E-state index >= 15 is 0 Å². The summed E-state index contributed by atoms with van der Waals surface area (Å²) in [7, 11) is 0. The van der Waals surface area contributed by atoms with Gasteiger partial charge >= 0.3 is 0 Å². The fourth-order valence-corrected chi connectivity index (χ4v) is 5.00. The van der Waals surface area contributed by atoms with Crippen LogP contribution in [0.4, 0.5) is 11.4 Å². The lowest BCUT2D eigenvalue weighted by Crippen LogP contribution is -2.29. The number of hydrogen-bond acceptors (Lipinski definition) is 6. The van der Waals surface area contributed by atoms with E-state index in [1.165, 1.54) is 31.0 Å². The van der Waals surface area contributed by atoms with E-state index in [-0.39, 0.29) is 17.1 Å². The maximum atomic E-state index is 12.6. The first-order valence-corrected chi connectivity index (χ1v) is 13.0. The first-order valence-electron chi connectivity index (χ1n) is 11.3. The molecule has 2 aromatic carbocycles. The second-order valence-corrected chi connectivity index (χ2v) is 11.1. The van der Waals surface area contributed by atoms with Crippen molar-refractivity contribution in [3.05, 3.63) is 52.0 Å². The van der Waals surface area contributed by atoms with Crippen LogP contribution >= 0.6 is 35.0 Å². The number of rotatable bonds is 6. The lowest BCUT2D eigenvalue weighted by Gasteiger charge is -2.29. The molecule has 0 atom stereocenters. The largest absolute Gasteiger partial charge is 0.371 e. The van der Waals surface area contributed by atoms with Crippen molar-refractivity contribution in [2.24, 2.45) is 0 Å². The Balaban J connectivity index is 1.40. The SMILES string of the molecule is CC(C)(C)c1ccc(-n2nnnc2SCC(=O)Nc2ccc(N3CCCCC3)cc2Cl)c(Cl)c1. The molecule has 2 heterocycles. The summed E-state index contributed by atoms with van der Waals surface area (Å²) in [5.41, 5.74) is 3.44. The molecule has 1 aliphatic heterocycles. The van der Waals surface area contributed by atoms with Crippen LogP contribution in [0.5, 0.6) is 0 Å². The lowest BCUT2D eigenvalue weighted by molar-refractivity contribution is -0.113. The highest BCUT2D eigenvalue weighted by Crippen LogP contribution is 2.31. The number of thioether (sulfide) groups is 1. The molecule has 0 saturated carbocycles. The number of carbonyl (C=O) groups is 1. The van der Waals surface area contributed by atoms with Gasteiger partial charge in [-0.05, 0) is 71.0 Å². The summed E-state index contributed by atoms with van der Waals surface area (Å²) in [6.45, 7) is 8.46. The fraction of sp³-hybridized carbons (Fsp3) is 0.417. The lowest BCUT2D eigenvalue weighted by atomic mass is 9.87. The molecule has 0 unspecified atom stereocenters. The summed E-state index contributed by atoms with van der Waals surface area (Å²) >= 11 is 14.2. The van der Waals surface area contributed by atoms with Gasteiger partial charge in [0.1, 0.15) is 0 Å². The number of benzene rings is 2. The van der Waals surface area contributed by atoms with E-state index in [9.17, 15) is 4.79 Å². The van der Waals surface area contributed by atoms with Crippen LogP contribution in [0, 0.1) is 0 Å². The van der Waals surface area contributed by atoms with Gasteiger partial charge in [-0.2, -0.15) is 4.68 Å². The maximum absolute atomic E-state index is 12.6. The topological polar surface area (TPSA) is 75.9 Å². The molecule has 180 valence electrons. The molecule has 7 nitrogen and oxygen atoms in total. The molecule has 0 bridgehead atoms. The predicted molar refractivity (Wildman–Crippen MR) is 140 cm³/mol. The zero-order valence-electron chi connectivity index (χ0n) is 19.5. The third-order valence-electron chi connectivity index (χ3n) is 5.76. The third kappa shape index (κ3) is 5.85. The molecule has 0 radical (unpaired) electrons. The number of carbonyl (C=O) groups excluding carboxylic acids is 1. The van der Waals surface area contributed by atoms with Crippen molar-refractivity contribution < 1.29 is 4.79 Å². The van der Waals surface area contributed by atoms with Crippen LogP contribution in [0.25, 0.3) is 5.69 Å². The van der Waals surface area contributed by atoms with Crippen LogP contribution in [0.3, 0.4) is 0 Å². The highest BCUT2D eigenvalue weighted by atomic mass is 35.5. The number of piperidine rings is 1.